The molecule has 4 aliphatic rings. The van der Waals surface area contributed by atoms with Crippen LogP contribution >= 0.6 is 12.9 Å². The van der Waals surface area contributed by atoms with Crippen molar-refractivity contribution in [3.05, 3.63) is 42.0 Å². The van der Waals surface area contributed by atoms with Crippen LogP contribution in [0.4, 0.5) is 5.69 Å². The van der Waals surface area contributed by atoms with Gasteiger partial charge in [-0.3, -0.25) is 9.59 Å². The van der Waals surface area contributed by atoms with Crippen LogP contribution in [-0.4, -0.2) is 29.6 Å². The number of amides is 2. The monoisotopic (exact) mass is 434 g/mol. The molecule has 4 fully saturated rings. The number of fused-ring (bicyclic) bond motifs is 9. The molecule has 1 saturated carbocycles. The highest BCUT2D eigenvalue weighted by Gasteiger charge is 2.85. The van der Waals surface area contributed by atoms with E-state index >= 15 is 0 Å². The molecule has 6 atom stereocenters. The van der Waals surface area contributed by atoms with E-state index in [0.717, 1.165) is 17.2 Å². The third-order valence-corrected chi connectivity index (χ3v) is 8.37. The van der Waals surface area contributed by atoms with Gasteiger partial charge in [0.05, 0.1) is 47.0 Å². The summed E-state index contributed by atoms with van der Waals surface area (Å²) in [6, 6.07) is 13.0. The molecule has 0 N–H and O–H groups in total. The molecule has 2 aromatic rings. The number of hydrogen-bond donors (Lipinski definition) is 1. The fraction of sp³-hybridized carbons (Fsp3) is 0.458. The Bertz CT molecular complexity index is 1190. The second-order valence-electron chi connectivity index (χ2n) is 9.15. The number of nitriles is 1. The maximum absolute atomic E-state index is 13.9. The lowest BCUT2D eigenvalue weighted by Crippen LogP contribution is -2.45. The molecule has 0 radical (unpaired) electrons. The summed E-state index contributed by atoms with van der Waals surface area (Å²) >= 11 is 3.90. The number of nitrogens with zero attached hydrogens (tertiary/aromatic N) is 2. The quantitative estimate of drug-likeness (QED) is 0.442. The zero-order valence-corrected chi connectivity index (χ0v) is 18.0. The van der Waals surface area contributed by atoms with Gasteiger partial charge in [-0.25, -0.2) is 4.90 Å². The number of thiol groups is 1. The Hall–Kier alpha value is -2.40. The zero-order chi connectivity index (χ0) is 21.5. The highest BCUT2D eigenvalue weighted by molar-refractivity contribution is 7.75. The van der Waals surface area contributed by atoms with Gasteiger partial charge in [-0.05, 0) is 49.7 Å². The first-order valence-corrected chi connectivity index (χ1v) is 11.2. The molecule has 3 heterocycles. The molecule has 2 amide bonds. The summed E-state index contributed by atoms with van der Waals surface area (Å²) in [6.45, 7) is 2.43. The Kier molecular flexibility index (Phi) is 3.93. The number of rotatable bonds is 5. The van der Waals surface area contributed by atoms with Crippen molar-refractivity contribution in [3.8, 4) is 6.07 Å². The average Bonchev–Trinajstić information content (AvgIpc) is 3.43. The summed E-state index contributed by atoms with van der Waals surface area (Å²) in [5.41, 5.74) is -0.150. The molecule has 6 nitrogen and oxygen atoms in total. The summed E-state index contributed by atoms with van der Waals surface area (Å²) in [4.78, 5) is 29.1. The maximum Gasteiger partial charge on any atom is 0.240 e. The van der Waals surface area contributed by atoms with E-state index in [1.165, 1.54) is 4.90 Å². The van der Waals surface area contributed by atoms with E-state index < -0.39 is 23.0 Å². The third-order valence-electron chi connectivity index (χ3n) is 8.18. The van der Waals surface area contributed by atoms with Gasteiger partial charge in [-0.1, -0.05) is 31.2 Å². The third kappa shape index (κ3) is 2.16. The molecule has 0 aromatic heterocycles. The lowest BCUT2D eigenvalue weighted by molar-refractivity contribution is -0.138. The van der Waals surface area contributed by atoms with Crippen molar-refractivity contribution < 1.29 is 18.5 Å². The summed E-state index contributed by atoms with van der Waals surface area (Å²) in [6.07, 6.45) is 2.27. The minimum absolute atomic E-state index is 0.175. The first kappa shape index (κ1) is 19.3. The molecule has 6 rings (SSSR count). The van der Waals surface area contributed by atoms with E-state index in [0.29, 0.717) is 42.5 Å². The first-order chi connectivity index (χ1) is 15.0. The smallest absolute Gasteiger partial charge is 0.240 e. The predicted molar refractivity (Wildman–Crippen MR) is 116 cm³/mol. The molecule has 2 bridgehead atoms. The molecule has 31 heavy (non-hydrogen) atoms. The van der Waals surface area contributed by atoms with Crippen LogP contribution < -0.4 is 4.90 Å². The highest BCUT2D eigenvalue weighted by atomic mass is 32.1. The molecule has 7 heteroatoms. The molecular formula is C24H22N2O4S. The fourth-order valence-electron chi connectivity index (χ4n) is 6.99. The lowest BCUT2D eigenvalue weighted by atomic mass is 9.66. The van der Waals surface area contributed by atoms with Crippen LogP contribution in [0.2, 0.25) is 0 Å². The van der Waals surface area contributed by atoms with E-state index in [4.69, 9.17) is 8.92 Å². The van der Waals surface area contributed by atoms with Gasteiger partial charge in [0.25, 0.3) is 0 Å². The van der Waals surface area contributed by atoms with Crippen molar-refractivity contribution in [2.45, 2.75) is 37.4 Å². The Morgan fingerprint density at radius 1 is 1.13 bits per heavy atom. The molecular weight excluding hydrogens is 412 g/mol. The van der Waals surface area contributed by atoms with Gasteiger partial charge in [0.15, 0.2) is 0 Å². The standard InChI is InChI=1S/C24H22N2O4S/c1-2-23-16-11-17(16)24(30-23,9-10-29-31)20-19(23)21(27)26(22(20)28)18-8-7-13(12-25)14-5-3-4-6-15(14)18/h3-8,16-17,19-20,31H,2,9-11H2,1H3/t16-,17+,19-,20+,23?,24?/m0/s1. The molecule has 1 aliphatic carbocycles. The summed E-state index contributed by atoms with van der Waals surface area (Å²) in [5.74, 6) is -0.709. The summed E-state index contributed by atoms with van der Waals surface area (Å²) in [5, 5.41) is 11.0. The van der Waals surface area contributed by atoms with Gasteiger partial charge < -0.3 is 8.92 Å². The Balaban J connectivity index is 1.50. The van der Waals surface area contributed by atoms with E-state index in [1.54, 1.807) is 12.1 Å². The highest BCUT2D eigenvalue weighted by Crippen LogP contribution is 2.76. The van der Waals surface area contributed by atoms with E-state index in [1.807, 2.05) is 24.3 Å². The van der Waals surface area contributed by atoms with E-state index in [-0.39, 0.29) is 11.8 Å². The van der Waals surface area contributed by atoms with E-state index in [2.05, 4.69) is 25.9 Å². The van der Waals surface area contributed by atoms with Crippen molar-refractivity contribution in [3.63, 3.8) is 0 Å². The van der Waals surface area contributed by atoms with Gasteiger partial charge >= 0.3 is 0 Å². The zero-order valence-electron chi connectivity index (χ0n) is 17.1. The van der Waals surface area contributed by atoms with Crippen molar-refractivity contribution in [1.82, 2.24) is 0 Å². The van der Waals surface area contributed by atoms with Gasteiger partial charge in [-0.15, -0.1) is 0 Å². The van der Waals surface area contributed by atoms with Crippen LogP contribution in [-0.2, 0) is 18.5 Å². The summed E-state index contributed by atoms with van der Waals surface area (Å²) < 4.78 is 11.7. The average molecular weight is 435 g/mol. The van der Waals surface area contributed by atoms with Crippen LogP contribution in [0, 0.1) is 35.0 Å². The minimum Gasteiger partial charge on any atom is -0.366 e. The number of benzene rings is 2. The Morgan fingerprint density at radius 2 is 1.81 bits per heavy atom. The minimum atomic E-state index is -0.655. The van der Waals surface area contributed by atoms with Gasteiger partial charge in [0, 0.05) is 17.2 Å². The van der Waals surface area contributed by atoms with Crippen LogP contribution in [0.3, 0.4) is 0 Å². The molecule has 3 saturated heterocycles. The number of ether oxygens (including phenoxy) is 1. The predicted octanol–water partition coefficient (Wildman–Crippen LogP) is 3.64. The Morgan fingerprint density at radius 3 is 2.48 bits per heavy atom. The number of imide groups is 1. The SMILES string of the molecule is CCC12OC(CCOS)([C@@H]3C[C@@H]31)[C@H]1C(=O)N(c3ccc(C#N)c4ccccc34)C(=O)[C@H]12. The van der Waals surface area contributed by atoms with Crippen LogP contribution in [0.5, 0.6) is 0 Å². The molecule has 2 aromatic carbocycles. The largest absolute Gasteiger partial charge is 0.366 e. The van der Waals surface area contributed by atoms with Gasteiger partial charge in [-0.2, -0.15) is 5.26 Å². The second kappa shape index (κ2) is 6.32. The first-order valence-electron chi connectivity index (χ1n) is 10.8. The maximum atomic E-state index is 13.9. The second-order valence-corrected chi connectivity index (χ2v) is 9.41. The molecule has 158 valence electrons. The van der Waals surface area contributed by atoms with Crippen LogP contribution in [0.1, 0.15) is 31.7 Å². The number of carbonyl (C=O) groups excluding carboxylic acids is 2. The number of carbonyl (C=O) groups is 2. The van der Waals surface area contributed by atoms with Gasteiger partial charge in [0.2, 0.25) is 11.8 Å². The topological polar surface area (TPSA) is 79.6 Å². The molecule has 3 aliphatic heterocycles. The van der Waals surface area contributed by atoms with Gasteiger partial charge in [0.1, 0.15) is 0 Å². The van der Waals surface area contributed by atoms with E-state index in [9.17, 15) is 14.9 Å². The number of anilines is 1. The lowest BCUT2D eigenvalue weighted by Gasteiger charge is -2.32. The normalized spacial score (nSPS) is 37.3. The van der Waals surface area contributed by atoms with Crippen molar-refractivity contribution >= 4 is 41.2 Å². The molecule has 2 unspecified atom stereocenters. The van der Waals surface area contributed by atoms with Crippen LogP contribution in [0.25, 0.3) is 10.8 Å². The Labute approximate surface area is 185 Å². The summed E-state index contributed by atoms with van der Waals surface area (Å²) in [7, 11) is 0. The van der Waals surface area contributed by atoms with Crippen molar-refractivity contribution in [1.29, 1.82) is 5.26 Å². The number of hydrogen-bond acceptors (Lipinski definition) is 6. The van der Waals surface area contributed by atoms with Crippen LogP contribution in [0.15, 0.2) is 36.4 Å². The molecule has 0 spiro atoms. The van der Waals surface area contributed by atoms with Crippen molar-refractivity contribution in [2.75, 3.05) is 11.5 Å². The fourth-order valence-corrected chi connectivity index (χ4v) is 7.08. The van der Waals surface area contributed by atoms with Crippen molar-refractivity contribution in [2.24, 2.45) is 23.7 Å².